The van der Waals surface area contributed by atoms with Crippen LogP contribution in [0.5, 0.6) is 0 Å². The largest absolute Gasteiger partial charge is 0.279 e. The Kier molecular flexibility index (Phi) is 3.92. The SMILES string of the molecule is O=S(=O)(Nc1ccc(F)c(F)c1)c1ccc(F)cc1Cl. The Bertz CT molecular complexity index is 765. The van der Waals surface area contributed by atoms with Crippen LogP contribution in [0, 0.1) is 17.5 Å². The van der Waals surface area contributed by atoms with Crippen molar-refractivity contribution in [1.29, 1.82) is 0 Å². The Morgan fingerprint density at radius 1 is 0.950 bits per heavy atom. The van der Waals surface area contributed by atoms with Crippen molar-refractivity contribution in [2.75, 3.05) is 4.72 Å². The fourth-order valence-electron chi connectivity index (χ4n) is 1.46. The number of anilines is 1. The van der Waals surface area contributed by atoms with Crippen LogP contribution in [0.15, 0.2) is 41.3 Å². The Balaban J connectivity index is 2.38. The smallest absolute Gasteiger partial charge is 0.263 e. The lowest BCUT2D eigenvalue weighted by atomic mass is 10.3. The Labute approximate surface area is 118 Å². The summed E-state index contributed by atoms with van der Waals surface area (Å²) in [5, 5.41) is -0.319. The van der Waals surface area contributed by atoms with Gasteiger partial charge in [0.25, 0.3) is 10.0 Å². The van der Waals surface area contributed by atoms with E-state index in [2.05, 4.69) is 0 Å². The van der Waals surface area contributed by atoms with Crippen LogP contribution >= 0.6 is 11.6 Å². The zero-order chi connectivity index (χ0) is 14.9. The molecule has 0 heterocycles. The summed E-state index contributed by atoms with van der Waals surface area (Å²) in [7, 11) is -4.13. The third-order valence-electron chi connectivity index (χ3n) is 2.36. The first kappa shape index (κ1) is 14.7. The highest BCUT2D eigenvalue weighted by Gasteiger charge is 2.19. The third kappa shape index (κ3) is 3.05. The van der Waals surface area contributed by atoms with Crippen molar-refractivity contribution >= 4 is 27.3 Å². The Hall–Kier alpha value is -1.73. The molecule has 1 N–H and O–H groups in total. The molecule has 0 fully saturated rings. The van der Waals surface area contributed by atoms with Crippen molar-refractivity contribution in [3.8, 4) is 0 Å². The molecule has 0 spiro atoms. The number of benzene rings is 2. The van der Waals surface area contributed by atoms with Crippen LogP contribution in [0.2, 0.25) is 5.02 Å². The molecule has 0 saturated heterocycles. The van der Waals surface area contributed by atoms with E-state index < -0.39 is 27.5 Å². The predicted molar refractivity (Wildman–Crippen MR) is 68.6 cm³/mol. The Morgan fingerprint density at radius 3 is 2.25 bits per heavy atom. The summed E-state index contributed by atoms with van der Waals surface area (Å²) in [5.41, 5.74) is -0.177. The minimum absolute atomic E-state index is 0.177. The van der Waals surface area contributed by atoms with E-state index in [0.29, 0.717) is 6.07 Å². The summed E-state index contributed by atoms with van der Waals surface area (Å²) < 4.78 is 64.6. The fraction of sp³-hybridized carbons (Fsp3) is 0. The van der Waals surface area contributed by atoms with Gasteiger partial charge in [0.15, 0.2) is 11.6 Å². The van der Waals surface area contributed by atoms with E-state index in [9.17, 15) is 21.6 Å². The lowest BCUT2D eigenvalue weighted by Crippen LogP contribution is -2.13. The molecule has 0 atom stereocenters. The van der Waals surface area contributed by atoms with Crippen LogP contribution in [-0.4, -0.2) is 8.42 Å². The molecule has 0 aliphatic heterocycles. The molecular formula is C12H7ClF3NO2S. The van der Waals surface area contributed by atoms with Gasteiger partial charge in [0.05, 0.1) is 10.7 Å². The van der Waals surface area contributed by atoms with E-state index in [4.69, 9.17) is 11.6 Å². The lowest BCUT2D eigenvalue weighted by Gasteiger charge is -2.09. The van der Waals surface area contributed by atoms with Crippen LogP contribution in [0.25, 0.3) is 0 Å². The topological polar surface area (TPSA) is 46.2 Å². The fourth-order valence-corrected chi connectivity index (χ4v) is 3.04. The summed E-state index contributed by atoms with van der Waals surface area (Å²) in [6.07, 6.45) is 0. The average molecular weight is 322 g/mol. The number of hydrogen-bond donors (Lipinski definition) is 1. The van der Waals surface area contributed by atoms with Crippen LogP contribution < -0.4 is 4.72 Å². The maximum atomic E-state index is 13.0. The van der Waals surface area contributed by atoms with Crippen LogP contribution in [0.4, 0.5) is 18.9 Å². The monoisotopic (exact) mass is 321 g/mol. The number of hydrogen-bond acceptors (Lipinski definition) is 2. The molecule has 0 radical (unpaired) electrons. The van der Waals surface area contributed by atoms with E-state index in [1.54, 1.807) is 0 Å². The van der Waals surface area contributed by atoms with Crippen LogP contribution in [-0.2, 0) is 10.0 Å². The molecule has 0 unspecified atom stereocenters. The molecule has 106 valence electrons. The quantitative estimate of drug-likeness (QED) is 0.939. The molecule has 0 aromatic heterocycles. The molecule has 0 aliphatic rings. The van der Waals surface area contributed by atoms with Gasteiger partial charge in [0, 0.05) is 6.07 Å². The molecule has 0 aliphatic carbocycles. The second-order valence-electron chi connectivity index (χ2n) is 3.81. The van der Waals surface area contributed by atoms with E-state index >= 15 is 0 Å². The van der Waals surface area contributed by atoms with Crippen LogP contribution in [0.3, 0.4) is 0 Å². The van der Waals surface area contributed by atoms with Gasteiger partial charge in [0.2, 0.25) is 0 Å². The van der Waals surface area contributed by atoms with Crippen molar-refractivity contribution in [3.63, 3.8) is 0 Å². The molecule has 8 heteroatoms. The predicted octanol–water partition coefficient (Wildman–Crippen LogP) is 3.56. The van der Waals surface area contributed by atoms with Crippen LogP contribution in [0.1, 0.15) is 0 Å². The Morgan fingerprint density at radius 2 is 1.65 bits per heavy atom. The molecule has 2 aromatic carbocycles. The van der Waals surface area contributed by atoms with Gasteiger partial charge in [-0.15, -0.1) is 0 Å². The first-order valence-electron chi connectivity index (χ1n) is 5.22. The van der Waals surface area contributed by atoms with Crippen molar-refractivity contribution < 1.29 is 21.6 Å². The van der Waals surface area contributed by atoms with E-state index in [1.807, 2.05) is 4.72 Å². The molecule has 3 nitrogen and oxygen atoms in total. The number of rotatable bonds is 3. The normalized spacial score (nSPS) is 11.4. The van der Waals surface area contributed by atoms with Gasteiger partial charge in [0.1, 0.15) is 10.7 Å². The number of halogens is 4. The molecule has 0 amide bonds. The second-order valence-corrected chi connectivity index (χ2v) is 5.87. The van der Waals surface area contributed by atoms with Crippen molar-refractivity contribution in [3.05, 3.63) is 58.9 Å². The highest BCUT2D eigenvalue weighted by molar-refractivity contribution is 7.92. The first-order valence-corrected chi connectivity index (χ1v) is 7.08. The summed E-state index contributed by atoms with van der Waals surface area (Å²) in [6.45, 7) is 0. The summed E-state index contributed by atoms with van der Waals surface area (Å²) in [6, 6.07) is 5.24. The van der Waals surface area contributed by atoms with Crippen molar-refractivity contribution in [2.45, 2.75) is 4.90 Å². The summed E-state index contributed by atoms with van der Waals surface area (Å²) >= 11 is 5.64. The van der Waals surface area contributed by atoms with Crippen molar-refractivity contribution in [1.82, 2.24) is 0 Å². The maximum Gasteiger partial charge on any atom is 0.263 e. The molecule has 0 saturated carbocycles. The number of nitrogens with one attached hydrogen (secondary N) is 1. The molecule has 2 rings (SSSR count). The van der Waals surface area contributed by atoms with Gasteiger partial charge >= 0.3 is 0 Å². The highest BCUT2D eigenvalue weighted by Crippen LogP contribution is 2.25. The third-order valence-corrected chi connectivity index (χ3v) is 4.22. The lowest BCUT2D eigenvalue weighted by molar-refractivity contribution is 0.509. The van der Waals surface area contributed by atoms with E-state index in [0.717, 1.165) is 30.3 Å². The first-order chi connectivity index (χ1) is 9.29. The molecule has 20 heavy (non-hydrogen) atoms. The van der Waals surface area contributed by atoms with Gasteiger partial charge in [-0.25, -0.2) is 21.6 Å². The van der Waals surface area contributed by atoms with Gasteiger partial charge in [-0.1, -0.05) is 11.6 Å². The standard InChI is InChI=1S/C12H7ClF3NO2S/c13-9-5-7(14)1-4-12(9)20(18,19)17-8-2-3-10(15)11(16)6-8/h1-6,17H. The highest BCUT2D eigenvalue weighted by atomic mass is 35.5. The van der Waals surface area contributed by atoms with Gasteiger partial charge < -0.3 is 0 Å². The second kappa shape index (κ2) is 5.34. The van der Waals surface area contributed by atoms with E-state index in [-0.39, 0.29) is 15.6 Å². The zero-order valence-corrected chi connectivity index (χ0v) is 11.3. The molecule has 2 aromatic rings. The van der Waals surface area contributed by atoms with Crippen molar-refractivity contribution in [2.24, 2.45) is 0 Å². The average Bonchev–Trinajstić information content (AvgIpc) is 2.33. The maximum absolute atomic E-state index is 13.0. The minimum atomic E-state index is -4.13. The molecule has 0 bridgehead atoms. The molecular weight excluding hydrogens is 315 g/mol. The van der Waals surface area contributed by atoms with Gasteiger partial charge in [-0.05, 0) is 30.3 Å². The number of sulfonamides is 1. The summed E-state index contributed by atoms with van der Waals surface area (Å²) in [4.78, 5) is -0.370. The summed E-state index contributed by atoms with van der Waals surface area (Å²) in [5.74, 6) is -3.00. The van der Waals surface area contributed by atoms with E-state index in [1.165, 1.54) is 0 Å². The minimum Gasteiger partial charge on any atom is -0.279 e. The van der Waals surface area contributed by atoms with Gasteiger partial charge in [-0.2, -0.15) is 0 Å². The zero-order valence-electron chi connectivity index (χ0n) is 9.70. The van der Waals surface area contributed by atoms with Gasteiger partial charge in [-0.3, -0.25) is 4.72 Å².